The van der Waals surface area contributed by atoms with Gasteiger partial charge in [0.2, 0.25) is 0 Å². The maximum absolute atomic E-state index is 3.90. The van der Waals surface area contributed by atoms with Gasteiger partial charge in [0.1, 0.15) is 6.33 Å². The summed E-state index contributed by atoms with van der Waals surface area (Å²) in [7, 11) is 0. The molecule has 1 aliphatic carbocycles. The van der Waals surface area contributed by atoms with E-state index < -0.39 is 0 Å². The van der Waals surface area contributed by atoms with Crippen molar-refractivity contribution in [1.29, 1.82) is 0 Å². The average Bonchev–Trinajstić information content (AvgIpc) is 3.02. The van der Waals surface area contributed by atoms with Crippen molar-refractivity contribution in [2.45, 2.75) is 51.1 Å². The van der Waals surface area contributed by atoms with Crippen LogP contribution in [-0.2, 0) is 6.54 Å². The van der Waals surface area contributed by atoms with Crippen LogP contribution >= 0.6 is 0 Å². The largest absolute Gasteiger partial charge is 0.301 e. The fourth-order valence-corrected chi connectivity index (χ4v) is 3.54. The van der Waals surface area contributed by atoms with E-state index in [-0.39, 0.29) is 0 Å². The van der Waals surface area contributed by atoms with E-state index in [4.69, 9.17) is 0 Å². The van der Waals surface area contributed by atoms with Crippen molar-refractivity contribution in [2.24, 2.45) is 0 Å². The molecule has 3 rings (SSSR count). The summed E-state index contributed by atoms with van der Waals surface area (Å²) in [6, 6.07) is 0.882. The average molecular weight is 278 g/mol. The number of tetrazole rings is 1. The maximum Gasteiger partial charge on any atom is 0.138 e. The lowest BCUT2D eigenvalue weighted by molar-refractivity contribution is 0.0777. The molecule has 2 heterocycles. The third kappa shape index (κ3) is 3.76. The molecule has 0 amide bonds. The molecule has 1 aromatic heterocycles. The highest BCUT2D eigenvalue weighted by molar-refractivity contribution is 4.80. The molecule has 0 bridgehead atoms. The van der Waals surface area contributed by atoms with E-state index in [1.807, 2.05) is 4.68 Å². The fraction of sp³-hybridized carbons (Fsp3) is 0.929. The molecule has 0 atom stereocenters. The first kappa shape index (κ1) is 13.9. The minimum atomic E-state index is 0.882. The molecular weight excluding hydrogens is 252 g/mol. The molecule has 6 heteroatoms. The van der Waals surface area contributed by atoms with Gasteiger partial charge in [-0.1, -0.05) is 19.3 Å². The molecule has 0 spiro atoms. The normalized spacial score (nSPS) is 23.2. The Kier molecular flexibility index (Phi) is 4.97. The SMILES string of the molecule is c1nnnn1CCCN1CCN(C2CCCCC2)CC1. The molecule has 0 N–H and O–H groups in total. The lowest BCUT2D eigenvalue weighted by Crippen LogP contribution is -2.50. The lowest BCUT2D eigenvalue weighted by Gasteiger charge is -2.40. The topological polar surface area (TPSA) is 50.1 Å². The van der Waals surface area contributed by atoms with Crippen molar-refractivity contribution in [3.63, 3.8) is 0 Å². The third-order valence-electron chi connectivity index (χ3n) is 4.75. The minimum absolute atomic E-state index is 0.882. The van der Waals surface area contributed by atoms with Gasteiger partial charge in [-0.2, -0.15) is 0 Å². The van der Waals surface area contributed by atoms with Gasteiger partial charge in [-0.3, -0.25) is 4.90 Å². The summed E-state index contributed by atoms with van der Waals surface area (Å²) in [5, 5.41) is 11.2. The second-order valence-electron chi connectivity index (χ2n) is 6.10. The van der Waals surface area contributed by atoms with Crippen LogP contribution in [0.15, 0.2) is 6.33 Å². The van der Waals surface area contributed by atoms with E-state index >= 15 is 0 Å². The van der Waals surface area contributed by atoms with E-state index in [0.717, 1.165) is 19.0 Å². The van der Waals surface area contributed by atoms with Crippen LogP contribution in [0, 0.1) is 0 Å². The summed E-state index contributed by atoms with van der Waals surface area (Å²) in [5.41, 5.74) is 0. The van der Waals surface area contributed by atoms with Crippen LogP contribution in [0.1, 0.15) is 38.5 Å². The van der Waals surface area contributed by atoms with Gasteiger partial charge < -0.3 is 4.90 Å². The molecule has 2 fully saturated rings. The Morgan fingerprint density at radius 2 is 1.75 bits per heavy atom. The monoisotopic (exact) mass is 278 g/mol. The van der Waals surface area contributed by atoms with Crippen LogP contribution in [0.5, 0.6) is 0 Å². The molecule has 20 heavy (non-hydrogen) atoms. The predicted octanol–water partition coefficient (Wildman–Crippen LogP) is 1.01. The van der Waals surface area contributed by atoms with E-state index in [1.165, 1.54) is 64.8 Å². The number of hydrogen-bond donors (Lipinski definition) is 0. The second kappa shape index (κ2) is 7.13. The van der Waals surface area contributed by atoms with E-state index in [9.17, 15) is 0 Å². The van der Waals surface area contributed by atoms with Gasteiger partial charge in [0.15, 0.2) is 0 Å². The zero-order chi connectivity index (χ0) is 13.6. The van der Waals surface area contributed by atoms with Crippen molar-refractivity contribution in [3.05, 3.63) is 6.33 Å². The molecule has 0 radical (unpaired) electrons. The quantitative estimate of drug-likeness (QED) is 0.804. The van der Waals surface area contributed by atoms with Crippen LogP contribution in [0.3, 0.4) is 0 Å². The first-order chi connectivity index (χ1) is 9.92. The van der Waals surface area contributed by atoms with Gasteiger partial charge in [-0.05, 0) is 29.7 Å². The summed E-state index contributed by atoms with van der Waals surface area (Å²) in [5.74, 6) is 0. The van der Waals surface area contributed by atoms with E-state index in [2.05, 4.69) is 25.3 Å². The zero-order valence-corrected chi connectivity index (χ0v) is 12.3. The van der Waals surface area contributed by atoms with Gasteiger partial charge in [0.05, 0.1) is 0 Å². The zero-order valence-electron chi connectivity index (χ0n) is 12.3. The predicted molar refractivity (Wildman–Crippen MR) is 77.3 cm³/mol. The highest BCUT2D eigenvalue weighted by Crippen LogP contribution is 2.23. The Bertz CT molecular complexity index is 365. The molecule has 2 aliphatic rings. The smallest absolute Gasteiger partial charge is 0.138 e. The summed E-state index contributed by atoms with van der Waals surface area (Å²) in [6.07, 6.45) is 10.0. The minimum Gasteiger partial charge on any atom is -0.301 e. The molecule has 1 saturated heterocycles. The van der Waals surface area contributed by atoms with Crippen molar-refractivity contribution in [2.75, 3.05) is 32.7 Å². The van der Waals surface area contributed by atoms with Crippen molar-refractivity contribution < 1.29 is 0 Å². The van der Waals surface area contributed by atoms with Crippen LogP contribution in [0.4, 0.5) is 0 Å². The number of nitrogens with zero attached hydrogens (tertiary/aromatic N) is 6. The molecule has 1 aromatic rings. The van der Waals surface area contributed by atoms with E-state index in [0.29, 0.717) is 0 Å². The van der Waals surface area contributed by atoms with E-state index in [1.54, 1.807) is 6.33 Å². The Morgan fingerprint density at radius 3 is 2.45 bits per heavy atom. The van der Waals surface area contributed by atoms with Crippen molar-refractivity contribution >= 4 is 0 Å². The van der Waals surface area contributed by atoms with Crippen LogP contribution in [0.25, 0.3) is 0 Å². The fourth-order valence-electron chi connectivity index (χ4n) is 3.54. The summed E-state index contributed by atoms with van der Waals surface area (Å²) < 4.78 is 1.82. The Morgan fingerprint density at radius 1 is 0.950 bits per heavy atom. The number of piperazine rings is 1. The number of rotatable bonds is 5. The third-order valence-corrected chi connectivity index (χ3v) is 4.75. The first-order valence-electron chi connectivity index (χ1n) is 8.09. The van der Waals surface area contributed by atoms with Crippen molar-refractivity contribution in [1.82, 2.24) is 30.0 Å². The van der Waals surface area contributed by atoms with Gasteiger partial charge >= 0.3 is 0 Å². The van der Waals surface area contributed by atoms with Crippen molar-refractivity contribution in [3.8, 4) is 0 Å². The highest BCUT2D eigenvalue weighted by atomic mass is 15.5. The molecule has 1 aliphatic heterocycles. The molecule has 0 unspecified atom stereocenters. The van der Waals surface area contributed by atoms with Gasteiger partial charge in [-0.25, -0.2) is 4.68 Å². The molecule has 0 aromatic carbocycles. The highest BCUT2D eigenvalue weighted by Gasteiger charge is 2.24. The molecular formula is C14H26N6. The number of hydrogen-bond acceptors (Lipinski definition) is 5. The summed E-state index contributed by atoms with van der Waals surface area (Å²) in [4.78, 5) is 5.32. The maximum atomic E-state index is 3.90. The number of aromatic nitrogens is 4. The molecule has 1 saturated carbocycles. The molecule has 6 nitrogen and oxygen atoms in total. The van der Waals surface area contributed by atoms with Crippen LogP contribution in [-0.4, -0.2) is 68.8 Å². The Balaban J connectivity index is 1.33. The summed E-state index contributed by atoms with van der Waals surface area (Å²) in [6.45, 7) is 7.07. The number of aryl methyl sites for hydroxylation is 1. The van der Waals surface area contributed by atoms with Crippen LogP contribution < -0.4 is 0 Å². The standard InChI is InChI=1S/C14H26N6/c1-2-5-14(6-3-1)19-11-9-18(10-12-19)7-4-8-20-13-15-16-17-20/h13-14H,1-12H2. The van der Waals surface area contributed by atoms with Gasteiger partial charge in [-0.15, -0.1) is 5.10 Å². The van der Waals surface area contributed by atoms with Gasteiger partial charge in [0, 0.05) is 45.3 Å². The lowest BCUT2D eigenvalue weighted by atomic mass is 9.94. The Labute approximate surface area is 121 Å². The Hall–Kier alpha value is -1.01. The molecule has 112 valence electrons. The summed E-state index contributed by atoms with van der Waals surface area (Å²) >= 11 is 0. The second-order valence-corrected chi connectivity index (χ2v) is 6.10. The van der Waals surface area contributed by atoms with Crippen LogP contribution in [0.2, 0.25) is 0 Å². The first-order valence-corrected chi connectivity index (χ1v) is 8.09. The van der Waals surface area contributed by atoms with Gasteiger partial charge in [0.25, 0.3) is 0 Å².